The Hall–Kier alpha value is -1.33. The Bertz CT molecular complexity index is 495. The Kier molecular flexibility index (Phi) is 4.83. The summed E-state index contributed by atoms with van der Waals surface area (Å²) in [6, 6.07) is 1.48. The molecule has 1 aromatic heterocycles. The Labute approximate surface area is 123 Å². The molecule has 2 N–H and O–H groups in total. The number of halogens is 1. The van der Waals surface area contributed by atoms with Crippen molar-refractivity contribution in [2.45, 2.75) is 37.8 Å². The van der Waals surface area contributed by atoms with Crippen molar-refractivity contribution in [3.8, 4) is 0 Å². The topological polar surface area (TPSA) is 65.5 Å². The fourth-order valence-electron chi connectivity index (χ4n) is 2.64. The molecular weight excluding hydrogens is 278 g/mol. The average Bonchev–Trinajstić information content (AvgIpc) is 2.46. The van der Waals surface area contributed by atoms with Crippen molar-refractivity contribution >= 4 is 23.3 Å². The second-order valence-corrected chi connectivity index (χ2v) is 5.55. The van der Waals surface area contributed by atoms with Crippen molar-refractivity contribution in [1.29, 1.82) is 0 Å². The number of pyridine rings is 1. The summed E-state index contributed by atoms with van der Waals surface area (Å²) in [6.07, 6.45) is 4.70. The molecule has 0 aromatic carbocycles. The number of rotatable bonds is 3. The van der Waals surface area contributed by atoms with Crippen molar-refractivity contribution in [3.63, 3.8) is 0 Å². The predicted molar refractivity (Wildman–Crippen MR) is 79.2 cm³/mol. The highest BCUT2D eigenvalue weighted by molar-refractivity contribution is 6.33. The lowest BCUT2D eigenvalue weighted by Gasteiger charge is -2.35. The van der Waals surface area contributed by atoms with Gasteiger partial charge in [0.15, 0.2) is 0 Å². The highest BCUT2D eigenvalue weighted by atomic mass is 35.5. The highest BCUT2D eigenvalue weighted by Crippen LogP contribution is 2.25. The van der Waals surface area contributed by atoms with E-state index in [9.17, 15) is 9.90 Å². The largest absolute Gasteiger partial charge is 0.391 e. The van der Waals surface area contributed by atoms with Gasteiger partial charge in [0.1, 0.15) is 5.82 Å². The summed E-state index contributed by atoms with van der Waals surface area (Å²) in [4.78, 5) is 18.2. The Morgan fingerprint density at radius 3 is 2.80 bits per heavy atom. The number of aliphatic hydroxyl groups excluding tert-OH is 1. The molecule has 6 heteroatoms. The molecule has 0 radical (unpaired) electrons. The molecule has 5 nitrogen and oxygen atoms in total. The third-order valence-corrected chi connectivity index (χ3v) is 4.12. The van der Waals surface area contributed by atoms with Gasteiger partial charge in [-0.25, -0.2) is 4.98 Å². The van der Waals surface area contributed by atoms with E-state index in [-0.39, 0.29) is 11.9 Å². The number of hydrogen-bond donors (Lipinski definition) is 2. The maximum atomic E-state index is 12.4. The van der Waals surface area contributed by atoms with E-state index in [0.29, 0.717) is 16.4 Å². The third kappa shape index (κ3) is 3.04. The van der Waals surface area contributed by atoms with E-state index in [1.54, 1.807) is 25.1 Å². The second kappa shape index (κ2) is 6.41. The van der Waals surface area contributed by atoms with E-state index in [0.717, 1.165) is 25.7 Å². The molecule has 1 heterocycles. The molecule has 1 saturated carbocycles. The lowest BCUT2D eigenvalue weighted by atomic mass is 9.91. The van der Waals surface area contributed by atoms with Gasteiger partial charge in [-0.2, -0.15) is 0 Å². The summed E-state index contributed by atoms with van der Waals surface area (Å²) in [5.41, 5.74) is 0.439. The van der Waals surface area contributed by atoms with Crippen molar-refractivity contribution in [2.75, 3.05) is 19.4 Å². The van der Waals surface area contributed by atoms with Crippen LogP contribution in [0.5, 0.6) is 0 Å². The first kappa shape index (κ1) is 15.1. The maximum absolute atomic E-state index is 12.4. The van der Waals surface area contributed by atoms with Gasteiger partial charge >= 0.3 is 0 Å². The number of aromatic nitrogens is 1. The fourth-order valence-corrected chi connectivity index (χ4v) is 2.90. The van der Waals surface area contributed by atoms with Crippen LogP contribution in [0.3, 0.4) is 0 Å². The monoisotopic (exact) mass is 297 g/mol. The molecule has 110 valence electrons. The summed E-state index contributed by atoms with van der Waals surface area (Å²) < 4.78 is 0. The number of nitrogens with one attached hydrogen (secondary N) is 1. The summed E-state index contributed by atoms with van der Waals surface area (Å²) in [5.74, 6) is 0.386. The molecule has 1 aromatic rings. The standard InChI is InChI=1S/C14H20ClN3O2/c1-16-13-10(15)7-9(8-17-13)14(20)18(2)11-5-3-4-6-12(11)19/h7-8,11-12,19H,3-6H2,1-2H3,(H,16,17). The number of anilines is 1. The molecule has 20 heavy (non-hydrogen) atoms. The van der Waals surface area contributed by atoms with Crippen LogP contribution in [0, 0.1) is 0 Å². The predicted octanol–water partition coefficient (Wildman–Crippen LogP) is 2.15. The Morgan fingerprint density at radius 1 is 1.50 bits per heavy atom. The van der Waals surface area contributed by atoms with E-state index in [2.05, 4.69) is 10.3 Å². The Balaban J connectivity index is 2.15. The molecule has 2 rings (SSSR count). The van der Waals surface area contributed by atoms with Gasteiger partial charge in [0.2, 0.25) is 0 Å². The highest BCUT2D eigenvalue weighted by Gasteiger charge is 2.30. The van der Waals surface area contributed by atoms with Crippen molar-refractivity contribution in [1.82, 2.24) is 9.88 Å². The van der Waals surface area contributed by atoms with Crippen LogP contribution in [0.25, 0.3) is 0 Å². The molecule has 0 bridgehead atoms. The summed E-state index contributed by atoms with van der Waals surface area (Å²) >= 11 is 6.05. The third-order valence-electron chi connectivity index (χ3n) is 3.84. The van der Waals surface area contributed by atoms with Crippen molar-refractivity contribution in [3.05, 3.63) is 22.8 Å². The van der Waals surface area contributed by atoms with Gasteiger partial charge in [-0.05, 0) is 18.9 Å². The van der Waals surface area contributed by atoms with Crippen LogP contribution < -0.4 is 5.32 Å². The smallest absolute Gasteiger partial charge is 0.255 e. The number of carbonyl (C=O) groups excluding carboxylic acids is 1. The van der Waals surface area contributed by atoms with Gasteiger partial charge in [0, 0.05) is 20.3 Å². The minimum atomic E-state index is -0.447. The second-order valence-electron chi connectivity index (χ2n) is 5.14. The fraction of sp³-hybridized carbons (Fsp3) is 0.571. The van der Waals surface area contributed by atoms with Crippen LogP contribution in [0.1, 0.15) is 36.0 Å². The first-order valence-electron chi connectivity index (χ1n) is 6.83. The molecule has 1 aliphatic rings. The lowest BCUT2D eigenvalue weighted by Crippen LogP contribution is -2.46. The molecular formula is C14H20ClN3O2. The summed E-state index contributed by atoms with van der Waals surface area (Å²) in [7, 11) is 3.45. The van der Waals surface area contributed by atoms with Crippen LogP contribution in [-0.4, -0.2) is 47.1 Å². The number of carbonyl (C=O) groups is 1. The van der Waals surface area contributed by atoms with Gasteiger partial charge in [0.05, 0.1) is 22.7 Å². The lowest BCUT2D eigenvalue weighted by molar-refractivity contribution is 0.0268. The van der Waals surface area contributed by atoms with Crippen LogP contribution in [-0.2, 0) is 0 Å². The minimum absolute atomic E-state index is 0.126. The van der Waals surface area contributed by atoms with Gasteiger partial charge in [-0.3, -0.25) is 4.79 Å². The number of amides is 1. The molecule has 0 saturated heterocycles. The van der Waals surface area contributed by atoms with Crippen LogP contribution in [0.4, 0.5) is 5.82 Å². The minimum Gasteiger partial charge on any atom is -0.391 e. The summed E-state index contributed by atoms with van der Waals surface area (Å²) in [6.45, 7) is 0. The average molecular weight is 298 g/mol. The zero-order chi connectivity index (χ0) is 14.7. The van der Waals surface area contributed by atoms with Crippen LogP contribution in [0.15, 0.2) is 12.3 Å². The van der Waals surface area contributed by atoms with Gasteiger partial charge in [-0.1, -0.05) is 24.4 Å². The maximum Gasteiger partial charge on any atom is 0.255 e. The number of likely N-dealkylation sites (N-methyl/N-ethyl adjacent to an activating group) is 1. The first-order valence-corrected chi connectivity index (χ1v) is 7.21. The van der Waals surface area contributed by atoms with Crippen LogP contribution >= 0.6 is 11.6 Å². The SMILES string of the molecule is CNc1ncc(C(=O)N(C)C2CCCCC2O)cc1Cl. The molecule has 1 fully saturated rings. The van der Waals surface area contributed by atoms with E-state index in [4.69, 9.17) is 11.6 Å². The summed E-state index contributed by atoms with van der Waals surface area (Å²) in [5, 5.41) is 13.3. The number of nitrogens with zero attached hydrogens (tertiary/aromatic N) is 2. The van der Waals surface area contributed by atoms with Crippen LogP contribution in [0.2, 0.25) is 5.02 Å². The quantitative estimate of drug-likeness (QED) is 0.897. The molecule has 1 aliphatic carbocycles. The van der Waals surface area contributed by atoms with Crippen molar-refractivity contribution < 1.29 is 9.90 Å². The molecule has 2 unspecified atom stereocenters. The van der Waals surface area contributed by atoms with Crippen molar-refractivity contribution in [2.24, 2.45) is 0 Å². The van der Waals surface area contributed by atoms with Gasteiger partial charge in [-0.15, -0.1) is 0 Å². The normalized spacial score (nSPS) is 22.4. The van der Waals surface area contributed by atoms with E-state index < -0.39 is 6.10 Å². The molecule has 0 aliphatic heterocycles. The number of aliphatic hydroxyl groups is 1. The molecule has 2 atom stereocenters. The zero-order valence-corrected chi connectivity index (χ0v) is 12.5. The van der Waals surface area contributed by atoms with E-state index in [1.807, 2.05) is 0 Å². The van der Waals surface area contributed by atoms with E-state index >= 15 is 0 Å². The van der Waals surface area contributed by atoms with E-state index in [1.165, 1.54) is 6.20 Å². The number of hydrogen-bond acceptors (Lipinski definition) is 4. The molecule has 0 spiro atoms. The Morgan fingerprint density at radius 2 is 2.20 bits per heavy atom. The van der Waals surface area contributed by atoms with Gasteiger partial charge < -0.3 is 15.3 Å². The molecule has 1 amide bonds. The first-order chi connectivity index (χ1) is 9.54. The van der Waals surface area contributed by atoms with Gasteiger partial charge in [0.25, 0.3) is 5.91 Å². The zero-order valence-electron chi connectivity index (χ0n) is 11.8.